The van der Waals surface area contributed by atoms with E-state index >= 15 is 0 Å². The minimum Gasteiger partial charge on any atom is -0.497 e. The number of ether oxygens (including phenoxy) is 1. The van der Waals surface area contributed by atoms with Gasteiger partial charge in [-0.2, -0.15) is 0 Å². The lowest BCUT2D eigenvalue weighted by Gasteiger charge is -2.30. The van der Waals surface area contributed by atoms with E-state index in [0.29, 0.717) is 23.6 Å². The molecule has 0 saturated heterocycles. The van der Waals surface area contributed by atoms with Crippen LogP contribution in [-0.2, 0) is 22.1 Å². The van der Waals surface area contributed by atoms with Gasteiger partial charge in [-0.1, -0.05) is 24.3 Å². The zero-order chi connectivity index (χ0) is 20.3. The third kappa shape index (κ3) is 5.35. The smallest absolute Gasteiger partial charge is 0.254 e. The lowest BCUT2D eigenvalue weighted by Crippen LogP contribution is -2.39. The molecule has 28 heavy (non-hydrogen) atoms. The molecule has 1 saturated carbocycles. The fraction of sp³-hybridized carbons (Fsp3) is 0.409. The molecule has 150 valence electrons. The first kappa shape index (κ1) is 20.4. The topological polar surface area (TPSA) is 63.7 Å². The van der Waals surface area contributed by atoms with E-state index < -0.39 is 9.84 Å². The summed E-state index contributed by atoms with van der Waals surface area (Å²) in [5.74, 6) is 1.29. The van der Waals surface area contributed by atoms with Gasteiger partial charge in [0, 0.05) is 24.4 Å². The molecule has 1 aliphatic carbocycles. The highest BCUT2D eigenvalue weighted by Crippen LogP contribution is 2.36. The molecule has 1 unspecified atom stereocenters. The molecule has 3 rings (SSSR count). The average Bonchev–Trinajstić information content (AvgIpc) is 3.50. The summed E-state index contributed by atoms with van der Waals surface area (Å²) < 4.78 is 28.1. The lowest BCUT2D eigenvalue weighted by molar-refractivity contribution is 0.0654. The van der Waals surface area contributed by atoms with Crippen molar-refractivity contribution < 1.29 is 17.9 Å². The second-order valence-electron chi connectivity index (χ2n) is 7.63. The van der Waals surface area contributed by atoms with Crippen LogP contribution in [0.15, 0.2) is 48.5 Å². The van der Waals surface area contributed by atoms with Crippen molar-refractivity contribution in [3.63, 3.8) is 0 Å². The molecular formula is C22H27NO4S. The van der Waals surface area contributed by atoms with Crippen LogP contribution in [0.25, 0.3) is 0 Å². The summed E-state index contributed by atoms with van der Waals surface area (Å²) in [6.07, 6.45) is 3.52. The van der Waals surface area contributed by atoms with E-state index in [-0.39, 0.29) is 17.7 Å². The summed E-state index contributed by atoms with van der Waals surface area (Å²) in [4.78, 5) is 15.1. The quantitative estimate of drug-likeness (QED) is 0.677. The second-order valence-corrected chi connectivity index (χ2v) is 9.77. The van der Waals surface area contributed by atoms with Gasteiger partial charge in [0.1, 0.15) is 5.75 Å². The van der Waals surface area contributed by atoms with Crippen molar-refractivity contribution >= 4 is 15.7 Å². The first-order chi connectivity index (χ1) is 13.3. The number of hydrogen-bond acceptors (Lipinski definition) is 4. The molecular weight excluding hydrogens is 374 g/mol. The third-order valence-corrected chi connectivity index (χ3v) is 6.06. The van der Waals surface area contributed by atoms with E-state index in [1.807, 2.05) is 29.2 Å². The normalized spacial score (nSPS) is 15.1. The van der Waals surface area contributed by atoms with Crippen molar-refractivity contribution in [2.24, 2.45) is 5.92 Å². The van der Waals surface area contributed by atoms with Crippen molar-refractivity contribution in [1.29, 1.82) is 0 Å². The first-order valence-electron chi connectivity index (χ1n) is 9.47. The van der Waals surface area contributed by atoms with Gasteiger partial charge in [0.2, 0.25) is 0 Å². The molecule has 1 amide bonds. The van der Waals surface area contributed by atoms with Gasteiger partial charge in [-0.3, -0.25) is 4.79 Å². The molecule has 5 nitrogen and oxygen atoms in total. The van der Waals surface area contributed by atoms with Gasteiger partial charge in [0.05, 0.1) is 12.9 Å². The van der Waals surface area contributed by atoms with E-state index in [1.54, 1.807) is 31.4 Å². The van der Waals surface area contributed by atoms with Gasteiger partial charge < -0.3 is 9.64 Å². The van der Waals surface area contributed by atoms with E-state index in [4.69, 9.17) is 4.74 Å². The van der Waals surface area contributed by atoms with Crippen LogP contribution < -0.4 is 4.74 Å². The Labute approximate surface area is 167 Å². The molecule has 2 aromatic rings. The summed E-state index contributed by atoms with van der Waals surface area (Å²) in [6.45, 7) is 2.64. The Kier molecular flexibility index (Phi) is 6.08. The first-order valence-corrected chi connectivity index (χ1v) is 11.5. The van der Waals surface area contributed by atoms with Crippen LogP contribution in [0.1, 0.15) is 41.3 Å². The average molecular weight is 402 g/mol. The van der Waals surface area contributed by atoms with Gasteiger partial charge in [0.15, 0.2) is 9.84 Å². The van der Waals surface area contributed by atoms with Gasteiger partial charge in [0.25, 0.3) is 5.91 Å². The Morgan fingerprint density at radius 1 is 1.07 bits per heavy atom. The molecule has 2 aromatic carbocycles. The predicted octanol–water partition coefficient (Wildman–Crippen LogP) is 3.68. The van der Waals surface area contributed by atoms with Crippen molar-refractivity contribution in [3.05, 3.63) is 65.2 Å². The molecule has 1 atom stereocenters. The summed E-state index contributed by atoms with van der Waals surface area (Å²) in [5.41, 5.74) is 2.32. The zero-order valence-electron chi connectivity index (χ0n) is 16.6. The van der Waals surface area contributed by atoms with Crippen LogP contribution in [0.4, 0.5) is 0 Å². The number of benzene rings is 2. The number of amides is 1. The Morgan fingerprint density at radius 3 is 2.14 bits per heavy atom. The van der Waals surface area contributed by atoms with Crippen LogP contribution in [0.5, 0.6) is 5.75 Å². The molecule has 0 radical (unpaired) electrons. The number of sulfone groups is 1. The second kappa shape index (κ2) is 8.35. The molecule has 0 aromatic heterocycles. The summed E-state index contributed by atoms with van der Waals surface area (Å²) in [5, 5.41) is 0. The molecule has 0 aliphatic heterocycles. The molecule has 1 fully saturated rings. The van der Waals surface area contributed by atoms with Gasteiger partial charge in [-0.05, 0) is 61.1 Å². The maximum atomic E-state index is 13.2. The van der Waals surface area contributed by atoms with E-state index in [1.165, 1.54) is 6.26 Å². The summed E-state index contributed by atoms with van der Waals surface area (Å²) in [6, 6.07) is 14.8. The summed E-state index contributed by atoms with van der Waals surface area (Å²) in [7, 11) is -1.46. The minimum atomic E-state index is -3.10. The van der Waals surface area contributed by atoms with Gasteiger partial charge >= 0.3 is 0 Å². The Bertz CT molecular complexity index is 916. The number of rotatable bonds is 8. The number of nitrogens with zero attached hydrogens (tertiary/aromatic N) is 1. The Hall–Kier alpha value is -2.34. The number of carbonyl (C=O) groups excluding carboxylic acids is 1. The molecule has 1 aliphatic rings. The molecule has 0 heterocycles. The lowest BCUT2D eigenvalue weighted by atomic mass is 10.1. The van der Waals surface area contributed by atoms with Crippen molar-refractivity contribution in [3.8, 4) is 5.75 Å². The summed E-state index contributed by atoms with van der Waals surface area (Å²) >= 11 is 0. The molecule has 6 heteroatoms. The van der Waals surface area contributed by atoms with Crippen LogP contribution in [0.2, 0.25) is 0 Å². The third-order valence-electron chi connectivity index (χ3n) is 5.20. The van der Waals surface area contributed by atoms with E-state index in [0.717, 1.165) is 24.2 Å². The monoisotopic (exact) mass is 401 g/mol. The van der Waals surface area contributed by atoms with Crippen LogP contribution >= 0.6 is 0 Å². The Balaban J connectivity index is 1.79. The predicted molar refractivity (Wildman–Crippen MR) is 110 cm³/mol. The highest BCUT2D eigenvalue weighted by Gasteiger charge is 2.34. The van der Waals surface area contributed by atoms with E-state index in [9.17, 15) is 13.2 Å². The highest BCUT2D eigenvalue weighted by molar-refractivity contribution is 7.89. The van der Waals surface area contributed by atoms with Crippen molar-refractivity contribution in [2.75, 3.05) is 13.4 Å². The van der Waals surface area contributed by atoms with Crippen molar-refractivity contribution in [1.82, 2.24) is 4.90 Å². The standard InChI is InChI=1S/C22H27NO4S/c1-16(19-10-11-19)23(14-17-6-12-21(27-2)13-7-17)22(24)20-8-4-18(5-9-20)15-28(3,25)26/h4-9,12-13,16,19H,10-11,14-15H2,1-3H3. The SMILES string of the molecule is COc1ccc(CN(C(=O)c2ccc(CS(C)(=O)=O)cc2)C(C)C2CC2)cc1. The maximum absolute atomic E-state index is 13.2. The fourth-order valence-electron chi connectivity index (χ4n) is 3.37. The number of carbonyl (C=O) groups is 1. The number of hydrogen-bond donors (Lipinski definition) is 0. The molecule has 0 bridgehead atoms. The van der Waals surface area contributed by atoms with Gasteiger partial charge in [-0.15, -0.1) is 0 Å². The van der Waals surface area contributed by atoms with Crippen LogP contribution in [0, 0.1) is 5.92 Å². The zero-order valence-corrected chi connectivity index (χ0v) is 17.4. The maximum Gasteiger partial charge on any atom is 0.254 e. The van der Waals surface area contributed by atoms with E-state index in [2.05, 4.69) is 6.92 Å². The fourth-order valence-corrected chi connectivity index (χ4v) is 4.17. The van der Waals surface area contributed by atoms with Crippen LogP contribution in [-0.4, -0.2) is 38.6 Å². The largest absolute Gasteiger partial charge is 0.497 e. The highest BCUT2D eigenvalue weighted by atomic mass is 32.2. The molecule has 0 N–H and O–H groups in total. The molecule has 0 spiro atoms. The minimum absolute atomic E-state index is 0.0183. The van der Waals surface area contributed by atoms with Crippen LogP contribution in [0.3, 0.4) is 0 Å². The van der Waals surface area contributed by atoms with Crippen molar-refractivity contribution in [2.45, 2.75) is 38.1 Å². The Morgan fingerprint density at radius 2 is 1.64 bits per heavy atom. The van der Waals surface area contributed by atoms with Gasteiger partial charge in [-0.25, -0.2) is 8.42 Å². The number of methoxy groups -OCH3 is 1.